The number of nitriles is 1. The van der Waals surface area contributed by atoms with Crippen molar-refractivity contribution in [2.75, 3.05) is 18.1 Å². The van der Waals surface area contributed by atoms with Gasteiger partial charge in [-0.05, 0) is 36.4 Å². The number of amides is 1. The summed E-state index contributed by atoms with van der Waals surface area (Å²) in [5.41, 5.74) is 13.0. The summed E-state index contributed by atoms with van der Waals surface area (Å²) in [6.45, 7) is 0. The van der Waals surface area contributed by atoms with Crippen LogP contribution < -0.4 is 21.5 Å². The quantitative estimate of drug-likeness (QED) is 0.448. The highest BCUT2D eigenvalue weighted by molar-refractivity contribution is 6.04. The zero-order valence-corrected chi connectivity index (χ0v) is 15.5. The summed E-state index contributed by atoms with van der Waals surface area (Å²) in [7, 11) is 1.54. The number of nitrogens with two attached hydrogens (primary N) is 2. The summed E-state index contributed by atoms with van der Waals surface area (Å²) in [5, 5.41) is 11.6. The van der Waals surface area contributed by atoms with Gasteiger partial charge in [-0.1, -0.05) is 0 Å². The van der Waals surface area contributed by atoms with Crippen molar-refractivity contribution in [3.05, 3.63) is 71.5 Å². The first kappa shape index (κ1) is 19.3. The SMILES string of the molecule is CN=C(N)c1c(Oc2ccc(C(=O)Nc3cc(C#N)ccn3)cc2)ccnc1N. The van der Waals surface area contributed by atoms with Crippen molar-refractivity contribution in [1.82, 2.24) is 9.97 Å². The van der Waals surface area contributed by atoms with E-state index in [4.69, 9.17) is 21.5 Å². The Kier molecular flexibility index (Phi) is 5.66. The fourth-order valence-electron chi connectivity index (χ4n) is 2.47. The van der Waals surface area contributed by atoms with Gasteiger partial charge in [-0.3, -0.25) is 9.79 Å². The number of aliphatic imine (C=N–C) groups is 1. The van der Waals surface area contributed by atoms with Crippen LogP contribution in [0.4, 0.5) is 11.6 Å². The molecule has 3 aromatic rings. The fourth-order valence-corrected chi connectivity index (χ4v) is 2.47. The van der Waals surface area contributed by atoms with Crippen LogP contribution in [0.3, 0.4) is 0 Å². The minimum absolute atomic E-state index is 0.202. The number of ether oxygens (including phenoxy) is 1. The van der Waals surface area contributed by atoms with E-state index < -0.39 is 0 Å². The summed E-state index contributed by atoms with van der Waals surface area (Å²) in [4.78, 5) is 24.3. The second-order valence-corrected chi connectivity index (χ2v) is 5.80. The number of aromatic nitrogens is 2. The Morgan fingerprint density at radius 1 is 1.17 bits per heavy atom. The van der Waals surface area contributed by atoms with Gasteiger partial charge in [-0.2, -0.15) is 5.26 Å². The number of hydrogen-bond donors (Lipinski definition) is 3. The molecule has 0 bridgehead atoms. The minimum Gasteiger partial charge on any atom is -0.456 e. The molecule has 1 amide bonds. The second-order valence-electron chi connectivity index (χ2n) is 5.80. The van der Waals surface area contributed by atoms with E-state index >= 15 is 0 Å². The van der Waals surface area contributed by atoms with Crippen molar-refractivity contribution in [2.45, 2.75) is 0 Å². The molecule has 3 rings (SSSR count). The maximum absolute atomic E-state index is 12.4. The second kappa shape index (κ2) is 8.49. The zero-order chi connectivity index (χ0) is 20.8. The highest BCUT2D eigenvalue weighted by Crippen LogP contribution is 2.28. The topological polar surface area (TPSA) is 152 Å². The lowest BCUT2D eigenvalue weighted by atomic mass is 10.2. The van der Waals surface area contributed by atoms with E-state index in [2.05, 4.69) is 20.3 Å². The lowest BCUT2D eigenvalue weighted by molar-refractivity contribution is 0.102. The molecule has 9 nitrogen and oxygen atoms in total. The lowest BCUT2D eigenvalue weighted by Crippen LogP contribution is -2.17. The van der Waals surface area contributed by atoms with Crippen LogP contribution in [0, 0.1) is 11.3 Å². The fraction of sp³-hybridized carbons (Fsp3) is 0.0500. The molecule has 0 aliphatic rings. The van der Waals surface area contributed by atoms with E-state index in [1.54, 1.807) is 43.4 Å². The molecule has 0 fully saturated rings. The average molecular weight is 387 g/mol. The molecule has 2 heterocycles. The number of carbonyl (C=O) groups excluding carboxylic acids is 1. The van der Waals surface area contributed by atoms with Gasteiger partial charge >= 0.3 is 0 Å². The molecule has 0 saturated heterocycles. The Morgan fingerprint density at radius 3 is 2.59 bits per heavy atom. The number of anilines is 2. The Bertz CT molecular complexity index is 1120. The smallest absolute Gasteiger partial charge is 0.256 e. The van der Waals surface area contributed by atoms with Crippen molar-refractivity contribution in [2.24, 2.45) is 10.7 Å². The van der Waals surface area contributed by atoms with Crippen LogP contribution in [0.2, 0.25) is 0 Å². The van der Waals surface area contributed by atoms with Crippen LogP contribution in [0.1, 0.15) is 21.5 Å². The molecule has 0 unspecified atom stereocenters. The summed E-state index contributed by atoms with van der Waals surface area (Å²) >= 11 is 0. The Labute approximate surface area is 166 Å². The Balaban J connectivity index is 1.77. The third-order valence-electron chi connectivity index (χ3n) is 3.91. The van der Waals surface area contributed by atoms with Gasteiger partial charge in [0.1, 0.15) is 34.5 Å². The van der Waals surface area contributed by atoms with E-state index in [0.29, 0.717) is 34.0 Å². The average Bonchev–Trinajstić information content (AvgIpc) is 2.74. The van der Waals surface area contributed by atoms with Crippen molar-refractivity contribution < 1.29 is 9.53 Å². The maximum Gasteiger partial charge on any atom is 0.256 e. The van der Waals surface area contributed by atoms with Crippen molar-refractivity contribution in [1.29, 1.82) is 5.26 Å². The number of rotatable bonds is 5. The summed E-state index contributed by atoms with van der Waals surface area (Å²) in [6, 6.07) is 13.1. The van der Waals surface area contributed by atoms with Crippen LogP contribution in [0.5, 0.6) is 11.5 Å². The van der Waals surface area contributed by atoms with E-state index in [-0.39, 0.29) is 17.6 Å². The van der Waals surface area contributed by atoms with E-state index in [0.717, 1.165) is 0 Å². The Morgan fingerprint density at radius 2 is 1.90 bits per heavy atom. The molecule has 0 aliphatic carbocycles. The molecule has 9 heteroatoms. The number of amidine groups is 1. The van der Waals surface area contributed by atoms with Gasteiger partial charge in [0, 0.05) is 31.1 Å². The van der Waals surface area contributed by atoms with E-state index in [9.17, 15) is 4.79 Å². The third kappa shape index (κ3) is 4.45. The molecule has 5 N–H and O–H groups in total. The molecule has 0 saturated carbocycles. The number of carbonyl (C=O) groups is 1. The van der Waals surface area contributed by atoms with Gasteiger partial charge < -0.3 is 21.5 Å². The van der Waals surface area contributed by atoms with Crippen molar-refractivity contribution in [3.8, 4) is 17.6 Å². The van der Waals surface area contributed by atoms with Gasteiger partial charge in [0.05, 0.1) is 11.6 Å². The van der Waals surface area contributed by atoms with Gasteiger partial charge in [0.25, 0.3) is 5.91 Å². The Hall–Kier alpha value is -4.45. The third-order valence-corrected chi connectivity index (χ3v) is 3.91. The van der Waals surface area contributed by atoms with Crippen LogP contribution >= 0.6 is 0 Å². The van der Waals surface area contributed by atoms with Crippen molar-refractivity contribution in [3.63, 3.8) is 0 Å². The monoisotopic (exact) mass is 387 g/mol. The van der Waals surface area contributed by atoms with Crippen molar-refractivity contribution >= 4 is 23.4 Å². The van der Waals surface area contributed by atoms with Gasteiger partial charge in [-0.15, -0.1) is 0 Å². The molecular formula is C20H17N7O2. The molecule has 0 aliphatic heterocycles. The number of hydrogen-bond acceptors (Lipinski definition) is 7. The number of nitrogens with zero attached hydrogens (tertiary/aromatic N) is 4. The van der Waals surface area contributed by atoms with Crippen LogP contribution in [0.25, 0.3) is 0 Å². The van der Waals surface area contributed by atoms with E-state index in [1.807, 2.05) is 6.07 Å². The van der Waals surface area contributed by atoms with Crippen LogP contribution in [-0.2, 0) is 0 Å². The number of nitrogens with one attached hydrogen (secondary N) is 1. The first-order valence-electron chi connectivity index (χ1n) is 8.44. The minimum atomic E-state index is -0.365. The molecular weight excluding hydrogens is 370 g/mol. The normalized spacial score (nSPS) is 10.8. The molecule has 1 aromatic carbocycles. The lowest BCUT2D eigenvalue weighted by Gasteiger charge is -2.12. The molecule has 144 valence electrons. The first-order chi connectivity index (χ1) is 14.0. The summed E-state index contributed by atoms with van der Waals surface area (Å²) in [6.07, 6.45) is 2.95. The summed E-state index contributed by atoms with van der Waals surface area (Å²) in [5.74, 6) is 1.20. The molecule has 0 spiro atoms. The van der Waals surface area contributed by atoms with Crippen LogP contribution in [0.15, 0.2) is 59.9 Å². The zero-order valence-electron chi connectivity index (χ0n) is 15.5. The molecule has 0 atom stereocenters. The molecule has 0 radical (unpaired) electrons. The van der Waals surface area contributed by atoms with Crippen LogP contribution in [-0.4, -0.2) is 28.8 Å². The van der Waals surface area contributed by atoms with E-state index in [1.165, 1.54) is 18.5 Å². The maximum atomic E-state index is 12.4. The standard InChI is InChI=1S/C20H17N7O2/c1-24-18(22)17-15(7-9-26-19(17)23)29-14-4-2-13(3-5-14)20(28)27-16-10-12(11-21)6-8-25-16/h2-10H,1H3,(H2,22,24)(H2,23,26)(H,25,27,28). The molecule has 29 heavy (non-hydrogen) atoms. The molecule has 2 aromatic heterocycles. The van der Waals surface area contributed by atoms with Gasteiger partial charge in [0.2, 0.25) is 0 Å². The highest BCUT2D eigenvalue weighted by atomic mass is 16.5. The van der Waals surface area contributed by atoms with Gasteiger partial charge in [0.15, 0.2) is 0 Å². The number of pyridine rings is 2. The number of nitrogen functional groups attached to an aromatic ring is 1. The predicted octanol–water partition coefficient (Wildman–Crippen LogP) is 2.31. The predicted molar refractivity (Wildman–Crippen MR) is 109 cm³/mol. The van der Waals surface area contributed by atoms with Gasteiger partial charge in [-0.25, -0.2) is 9.97 Å². The first-order valence-corrected chi connectivity index (χ1v) is 8.44. The highest BCUT2D eigenvalue weighted by Gasteiger charge is 2.14. The number of benzene rings is 1. The summed E-state index contributed by atoms with van der Waals surface area (Å²) < 4.78 is 5.84. The largest absolute Gasteiger partial charge is 0.456 e.